The van der Waals surface area contributed by atoms with Crippen molar-refractivity contribution in [2.75, 3.05) is 6.61 Å². The summed E-state index contributed by atoms with van der Waals surface area (Å²) < 4.78 is 12.8. The van der Waals surface area contributed by atoms with Gasteiger partial charge in [0.25, 0.3) is 5.91 Å². The molecule has 0 aliphatic carbocycles. The Balaban J connectivity index is 1.69. The van der Waals surface area contributed by atoms with Crippen LogP contribution in [0.2, 0.25) is 0 Å². The Bertz CT molecular complexity index is 678. The molecule has 0 spiro atoms. The Hall–Kier alpha value is -2.15. The van der Waals surface area contributed by atoms with Gasteiger partial charge in [0, 0.05) is 38.0 Å². The summed E-state index contributed by atoms with van der Waals surface area (Å²) in [5, 5.41) is 6.96. The molecule has 3 heterocycles. The second-order valence-corrected chi connectivity index (χ2v) is 5.98. The highest BCUT2D eigenvalue weighted by atomic mass is 16.5. The number of rotatable bonds is 5. The van der Waals surface area contributed by atoms with E-state index in [1.165, 1.54) is 0 Å². The molecular formula is C16H22N4O3. The minimum absolute atomic E-state index is 0.124. The van der Waals surface area contributed by atoms with Gasteiger partial charge in [-0.2, -0.15) is 0 Å². The van der Waals surface area contributed by atoms with E-state index in [9.17, 15) is 4.79 Å². The van der Waals surface area contributed by atoms with Crippen molar-refractivity contribution < 1.29 is 14.1 Å². The second kappa shape index (κ2) is 6.54. The third kappa shape index (κ3) is 3.14. The van der Waals surface area contributed by atoms with Crippen LogP contribution >= 0.6 is 0 Å². The Morgan fingerprint density at radius 3 is 3.09 bits per heavy atom. The zero-order valence-corrected chi connectivity index (χ0v) is 13.7. The molecule has 1 aliphatic heterocycles. The molecule has 1 amide bonds. The molecule has 3 atom stereocenters. The van der Waals surface area contributed by atoms with Crippen LogP contribution in [0.25, 0.3) is 0 Å². The van der Waals surface area contributed by atoms with Crippen LogP contribution in [0.15, 0.2) is 23.0 Å². The predicted molar refractivity (Wildman–Crippen MR) is 83.0 cm³/mol. The fraction of sp³-hybridized carbons (Fsp3) is 0.562. The average molecular weight is 318 g/mol. The molecule has 1 saturated heterocycles. The van der Waals surface area contributed by atoms with Crippen LogP contribution in [0.1, 0.15) is 60.8 Å². The number of ether oxygens (including phenoxy) is 1. The minimum atomic E-state index is -0.262. The number of carbonyl (C=O) groups excluding carboxylic acids is 1. The van der Waals surface area contributed by atoms with E-state index in [1.807, 2.05) is 17.8 Å². The molecule has 0 saturated carbocycles. The normalized spacial score (nSPS) is 22.2. The lowest BCUT2D eigenvalue weighted by atomic mass is 10.1. The standard InChI is InChI=1S/C16H22N4O3/c1-4-10(2)12-9-13(23-19-12)16(21)18-11-5-8-22-14(11)15-17-6-7-20(15)3/h6-7,9-11,14H,4-5,8H2,1-3H3,(H,18,21)/t10?,11-,14-/m0/s1. The first-order chi connectivity index (χ1) is 11.1. The summed E-state index contributed by atoms with van der Waals surface area (Å²) >= 11 is 0. The van der Waals surface area contributed by atoms with Gasteiger partial charge in [-0.25, -0.2) is 4.98 Å². The van der Waals surface area contributed by atoms with Gasteiger partial charge < -0.3 is 19.1 Å². The van der Waals surface area contributed by atoms with E-state index < -0.39 is 0 Å². The first-order valence-corrected chi connectivity index (χ1v) is 7.96. The quantitative estimate of drug-likeness (QED) is 0.913. The number of amides is 1. The van der Waals surface area contributed by atoms with Crippen LogP contribution in [-0.2, 0) is 11.8 Å². The van der Waals surface area contributed by atoms with E-state index in [0.29, 0.717) is 6.61 Å². The topological polar surface area (TPSA) is 82.2 Å². The van der Waals surface area contributed by atoms with Crippen molar-refractivity contribution in [1.82, 2.24) is 20.0 Å². The van der Waals surface area contributed by atoms with Crippen molar-refractivity contribution in [1.29, 1.82) is 0 Å². The summed E-state index contributed by atoms with van der Waals surface area (Å²) in [5.41, 5.74) is 0.806. The molecule has 1 N–H and O–H groups in total. The Morgan fingerprint density at radius 1 is 1.57 bits per heavy atom. The summed E-state index contributed by atoms with van der Waals surface area (Å²) in [7, 11) is 1.91. The van der Waals surface area contributed by atoms with Gasteiger partial charge >= 0.3 is 0 Å². The SMILES string of the molecule is CCC(C)c1cc(C(=O)N[C@H]2CCO[C@@H]2c2nccn2C)on1. The molecule has 2 aromatic heterocycles. The molecule has 0 aromatic carbocycles. The van der Waals surface area contributed by atoms with Gasteiger partial charge in [0.1, 0.15) is 11.9 Å². The summed E-state index contributed by atoms with van der Waals surface area (Å²) in [6.07, 6.45) is 5.05. The fourth-order valence-corrected chi connectivity index (χ4v) is 2.72. The van der Waals surface area contributed by atoms with Crippen molar-refractivity contribution in [3.05, 3.63) is 35.7 Å². The maximum Gasteiger partial charge on any atom is 0.290 e. The van der Waals surface area contributed by atoms with Crippen LogP contribution in [0.3, 0.4) is 0 Å². The van der Waals surface area contributed by atoms with E-state index in [1.54, 1.807) is 12.3 Å². The monoisotopic (exact) mass is 318 g/mol. The largest absolute Gasteiger partial charge is 0.368 e. The lowest BCUT2D eigenvalue weighted by Crippen LogP contribution is -2.37. The van der Waals surface area contributed by atoms with Crippen molar-refractivity contribution in [3.8, 4) is 0 Å². The smallest absolute Gasteiger partial charge is 0.290 e. The third-order valence-corrected chi connectivity index (χ3v) is 4.39. The molecule has 1 aliphatic rings. The van der Waals surface area contributed by atoms with Gasteiger partial charge in [0.2, 0.25) is 5.76 Å². The minimum Gasteiger partial charge on any atom is -0.368 e. The number of aromatic nitrogens is 3. The molecule has 0 bridgehead atoms. The average Bonchev–Trinajstić information content (AvgIpc) is 3.26. The maximum absolute atomic E-state index is 12.4. The summed E-state index contributed by atoms with van der Waals surface area (Å²) in [4.78, 5) is 16.7. The summed E-state index contributed by atoms with van der Waals surface area (Å²) in [5.74, 6) is 1.06. The van der Waals surface area contributed by atoms with Crippen LogP contribution in [0, 0.1) is 0 Å². The molecule has 7 heteroatoms. The van der Waals surface area contributed by atoms with E-state index in [4.69, 9.17) is 9.26 Å². The molecule has 23 heavy (non-hydrogen) atoms. The first-order valence-electron chi connectivity index (χ1n) is 7.96. The van der Waals surface area contributed by atoms with Gasteiger partial charge in [0.15, 0.2) is 0 Å². The van der Waals surface area contributed by atoms with Crippen molar-refractivity contribution in [3.63, 3.8) is 0 Å². The third-order valence-electron chi connectivity index (χ3n) is 4.39. The summed E-state index contributed by atoms with van der Waals surface area (Å²) in [6, 6.07) is 1.59. The lowest BCUT2D eigenvalue weighted by molar-refractivity contribution is 0.0757. The Labute approximate surface area is 135 Å². The van der Waals surface area contributed by atoms with Gasteiger partial charge in [-0.15, -0.1) is 0 Å². The molecule has 2 aromatic rings. The summed E-state index contributed by atoms with van der Waals surface area (Å²) in [6.45, 7) is 4.73. The first kappa shape index (κ1) is 15.7. The van der Waals surface area contributed by atoms with Crippen LogP contribution in [-0.4, -0.2) is 33.3 Å². The number of nitrogens with one attached hydrogen (secondary N) is 1. The van der Waals surface area contributed by atoms with Crippen LogP contribution in [0.5, 0.6) is 0 Å². The van der Waals surface area contributed by atoms with E-state index in [2.05, 4.69) is 29.3 Å². The molecular weight excluding hydrogens is 296 g/mol. The number of nitrogens with zero attached hydrogens (tertiary/aromatic N) is 3. The Kier molecular flexibility index (Phi) is 4.47. The van der Waals surface area contributed by atoms with Gasteiger partial charge in [-0.05, 0) is 12.8 Å². The van der Waals surface area contributed by atoms with Gasteiger partial charge in [-0.1, -0.05) is 19.0 Å². The lowest BCUT2D eigenvalue weighted by Gasteiger charge is -2.18. The number of hydrogen-bond donors (Lipinski definition) is 1. The molecule has 1 unspecified atom stereocenters. The molecule has 124 valence electrons. The highest BCUT2D eigenvalue weighted by Crippen LogP contribution is 2.28. The maximum atomic E-state index is 12.4. The zero-order valence-electron chi connectivity index (χ0n) is 13.7. The van der Waals surface area contributed by atoms with Crippen LogP contribution < -0.4 is 5.32 Å². The predicted octanol–water partition coefficient (Wildman–Crippen LogP) is 2.18. The highest BCUT2D eigenvalue weighted by molar-refractivity contribution is 5.91. The van der Waals surface area contributed by atoms with Crippen LogP contribution in [0.4, 0.5) is 0 Å². The fourth-order valence-electron chi connectivity index (χ4n) is 2.72. The van der Waals surface area contributed by atoms with Crippen molar-refractivity contribution >= 4 is 5.91 Å². The molecule has 3 rings (SSSR count). The van der Waals surface area contributed by atoms with E-state index in [0.717, 1.165) is 24.4 Å². The van der Waals surface area contributed by atoms with Crippen molar-refractivity contribution in [2.45, 2.75) is 44.8 Å². The molecule has 7 nitrogen and oxygen atoms in total. The number of aryl methyl sites for hydroxylation is 1. The van der Waals surface area contributed by atoms with E-state index >= 15 is 0 Å². The number of imidazole rings is 1. The van der Waals surface area contributed by atoms with Gasteiger partial charge in [-0.3, -0.25) is 4.79 Å². The molecule has 1 fully saturated rings. The second-order valence-electron chi connectivity index (χ2n) is 5.98. The highest BCUT2D eigenvalue weighted by Gasteiger charge is 2.34. The number of hydrogen-bond acceptors (Lipinski definition) is 5. The molecule has 0 radical (unpaired) electrons. The van der Waals surface area contributed by atoms with E-state index in [-0.39, 0.29) is 29.7 Å². The van der Waals surface area contributed by atoms with Crippen molar-refractivity contribution in [2.24, 2.45) is 7.05 Å². The van der Waals surface area contributed by atoms with Gasteiger partial charge in [0.05, 0.1) is 11.7 Å². The zero-order chi connectivity index (χ0) is 16.4. The number of carbonyl (C=O) groups is 1. The Morgan fingerprint density at radius 2 is 2.39 bits per heavy atom.